The van der Waals surface area contributed by atoms with E-state index in [4.69, 9.17) is 0 Å². The van der Waals surface area contributed by atoms with Crippen molar-refractivity contribution in [3.63, 3.8) is 0 Å². The fourth-order valence-corrected chi connectivity index (χ4v) is 2.96. The third-order valence-corrected chi connectivity index (χ3v) is 4.13. The summed E-state index contributed by atoms with van der Waals surface area (Å²) in [7, 11) is 0. The lowest BCUT2D eigenvalue weighted by Gasteiger charge is -2.41. The van der Waals surface area contributed by atoms with E-state index in [1.54, 1.807) is 0 Å². The first-order valence-electron chi connectivity index (χ1n) is 6.32. The highest BCUT2D eigenvalue weighted by Crippen LogP contribution is 2.26. The quantitative estimate of drug-likeness (QED) is 0.902. The number of halogens is 1. The SMILES string of the molecule is CC1CN(C(C)c2cccc(Br)c2)C(C)CN1. The highest BCUT2D eigenvalue weighted by molar-refractivity contribution is 9.10. The third-order valence-electron chi connectivity index (χ3n) is 3.64. The van der Waals surface area contributed by atoms with Crippen molar-refractivity contribution >= 4 is 15.9 Å². The van der Waals surface area contributed by atoms with Crippen molar-refractivity contribution < 1.29 is 0 Å². The van der Waals surface area contributed by atoms with E-state index >= 15 is 0 Å². The molecule has 0 saturated carbocycles. The van der Waals surface area contributed by atoms with Crippen LogP contribution in [0.15, 0.2) is 28.7 Å². The van der Waals surface area contributed by atoms with Gasteiger partial charge in [-0.2, -0.15) is 0 Å². The summed E-state index contributed by atoms with van der Waals surface area (Å²) in [6.07, 6.45) is 0. The van der Waals surface area contributed by atoms with Gasteiger partial charge in [0.05, 0.1) is 0 Å². The zero-order valence-electron chi connectivity index (χ0n) is 10.8. The van der Waals surface area contributed by atoms with Gasteiger partial charge < -0.3 is 5.32 Å². The minimum atomic E-state index is 0.479. The minimum absolute atomic E-state index is 0.479. The molecule has 0 radical (unpaired) electrons. The van der Waals surface area contributed by atoms with E-state index in [9.17, 15) is 0 Å². The maximum atomic E-state index is 3.55. The molecule has 17 heavy (non-hydrogen) atoms. The number of piperazine rings is 1. The molecule has 0 amide bonds. The predicted molar refractivity (Wildman–Crippen MR) is 76.2 cm³/mol. The van der Waals surface area contributed by atoms with Gasteiger partial charge >= 0.3 is 0 Å². The Kier molecular flexibility index (Phi) is 4.23. The van der Waals surface area contributed by atoms with E-state index in [2.05, 4.69) is 71.2 Å². The second kappa shape index (κ2) is 5.51. The van der Waals surface area contributed by atoms with E-state index in [0.29, 0.717) is 18.1 Å². The first kappa shape index (κ1) is 13.1. The zero-order chi connectivity index (χ0) is 12.4. The van der Waals surface area contributed by atoms with Gasteiger partial charge in [-0.15, -0.1) is 0 Å². The Morgan fingerprint density at radius 3 is 2.88 bits per heavy atom. The van der Waals surface area contributed by atoms with Gasteiger partial charge in [0, 0.05) is 35.7 Å². The van der Waals surface area contributed by atoms with Crippen molar-refractivity contribution in [2.24, 2.45) is 0 Å². The number of nitrogens with zero attached hydrogens (tertiary/aromatic N) is 1. The summed E-state index contributed by atoms with van der Waals surface area (Å²) in [5, 5.41) is 3.53. The fraction of sp³-hybridized carbons (Fsp3) is 0.571. The Labute approximate surface area is 113 Å². The number of hydrogen-bond donors (Lipinski definition) is 1. The molecule has 3 atom stereocenters. The molecule has 0 aromatic heterocycles. The van der Waals surface area contributed by atoms with Crippen LogP contribution in [0, 0.1) is 0 Å². The molecule has 3 unspecified atom stereocenters. The van der Waals surface area contributed by atoms with Crippen molar-refractivity contribution in [1.29, 1.82) is 0 Å². The minimum Gasteiger partial charge on any atom is -0.311 e. The first-order valence-corrected chi connectivity index (χ1v) is 7.12. The summed E-state index contributed by atoms with van der Waals surface area (Å²) in [6, 6.07) is 10.3. The maximum Gasteiger partial charge on any atom is 0.0324 e. The summed E-state index contributed by atoms with van der Waals surface area (Å²) < 4.78 is 1.16. The standard InChI is InChI=1S/C14H21BrN2/c1-10-9-17(11(2)8-16-10)12(3)13-5-4-6-14(15)7-13/h4-7,10-12,16H,8-9H2,1-3H3. The average molecular weight is 297 g/mol. The lowest BCUT2D eigenvalue weighted by Crippen LogP contribution is -2.54. The smallest absolute Gasteiger partial charge is 0.0324 e. The molecule has 0 aliphatic carbocycles. The largest absolute Gasteiger partial charge is 0.311 e. The predicted octanol–water partition coefficient (Wildman–Crippen LogP) is 3.19. The average Bonchev–Trinajstić information content (AvgIpc) is 2.31. The fourth-order valence-electron chi connectivity index (χ4n) is 2.55. The van der Waals surface area contributed by atoms with Gasteiger partial charge in [0.2, 0.25) is 0 Å². The summed E-state index contributed by atoms with van der Waals surface area (Å²) in [5.41, 5.74) is 1.39. The van der Waals surface area contributed by atoms with Gasteiger partial charge in [-0.3, -0.25) is 4.90 Å². The molecule has 94 valence electrons. The summed E-state index contributed by atoms with van der Waals surface area (Å²) in [4.78, 5) is 2.59. The van der Waals surface area contributed by atoms with Gasteiger partial charge in [0.15, 0.2) is 0 Å². The lowest BCUT2D eigenvalue weighted by atomic mass is 10.0. The van der Waals surface area contributed by atoms with E-state index in [0.717, 1.165) is 17.6 Å². The molecule has 1 N–H and O–H groups in total. The highest BCUT2D eigenvalue weighted by Gasteiger charge is 2.26. The molecule has 1 heterocycles. The number of rotatable bonds is 2. The van der Waals surface area contributed by atoms with Crippen LogP contribution in [0.2, 0.25) is 0 Å². The van der Waals surface area contributed by atoms with Crippen molar-refractivity contribution in [3.8, 4) is 0 Å². The normalized spacial score (nSPS) is 28.0. The van der Waals surface area contributed by atoms with Crippen LogP contribution >= 0.6 is 15.9 Å². The second-order valence-electron chi connectivity index (χ2n) is 5.09. The molecule has 2 rings (SSSR count). The van der Waals surface area contributed by atoms with E-state index in [1.807, 2.05) is 0 Å². The van der Waals surface area contributed by atoms with Crippen LogP contribution in [0.4, 0.5) is 0 Å². The summed E-state index contributed by atoms with van der Waals surface area (Å²) >= 11 is 3.55. The highest BCUT2D eigenvalue weighted by atomic mass is 79.9. The van der Waals surface area contributed by atoms with Crippen molar-refractivity contribution in [2.45, 2.75) is 38.9 Å². The van der Waals surface area contributed by atoms with Gasteiger partial charge in [-0.1, -0.05) is 28.1 Å². The zero-order valence-corrected chi connectivity index (χ0v) is 12.4. The molecule has 0 spiro atoms. The topological polar surface area (TPSA) is 15.3 Å². The molecule has 1 aromatic rings. The van der Waals surface area contributed by atoms with Gasteiger partial charge in [-0.05, 0) is 38.5 Å². The van der Waals surface area contributed by atoms with Crippen molar-refractivity contribution in [2.75, 3.05) is 13.1 Å². The molecular formula is C14H21BrN2. The number of hydrogen-bond acceptors (Lipinski definition) is 2. The Morgan fingerprint density at radius 1 is 1.41 bits per heavy atom. The molecule has 1 aliphatic heterocycles. The van der Waals surface area contributed by atoms with Gasteiger partial charge in [0.1, 0.15) is 0 Å². The van der Waals surface area contributed by atoms with Crippen molar-refractivity contribution in [1.82, 2.24) is 10.2 Å². The van der Waals surface area contributed by atoms with Crippen LogP contribution in [0.3, 0.4) is 0 Å². The summed E-state index contributed by atoms with van der Waals surface area (Å²) in [5.74, 6) is 0. The molecular weight excluding hydrogens is 276 g/mol. The van der Waals surface area contributed by atoms with Crippen LogP contribution in [0.5, 0.6) is 0 Å². The molecule has 1 saturated heterocycles. The van der Waals surface area contributed by atoms with Crippen LogP contribution in [-0.2, 0) is 0 Å². The number of nitrogens with one attached hydrogen (secondary N) is 1. The molecule has 3 heteroatoms. The van der Waals surface area contributed by atoms with Crippen LogP contribution < -0.4 is 5.32 Å². The van der Waals surface area contributed by atoms with Crippen LogP contribution in [-0.4, -0.2) is 30.1 Å². The molecule has 2 nitrogen and oxygen atoms in total. The third kappa shape index (κ3) is 3.09. The maximum absolute atomic E-state index is 3.55. The second-order valence-corrected chi connectivity index (χ2v) is 6.00. The van der Waals surface area contributed by atoms with E-state index in [1.165, 1.54) is 5.56 Å². The molecule has 0 bridgehead atoms. The molecule has 1 aliphatic rings. The lowest BCUT2D eigenvalue weighted by molar-refractivity contribution is 0.103. The number of benzene rings is 1. The summed E-state index contributed by atoms with van der Waals surface area (Å²) in [6.45, 7) is 9.06. The van der Waals surface area contributed by atoms with Crippen LogP contribution in [0.1, 0.15) is 32.4 Å². The Bertz CT molecular complexity index is 380. The van der Waals surface area contributed by atoms with Gasteiger partial charge in [0.25, 0.3) is 0 Å². The molecule has 1 fully saturated rings. The first-order chi connectivity index (χ1) is 8.08. The monoisotopic (exact) mass is 296 g/mol. The Balaban J connectivity index is 2.15. The van der Waals surface area contributed by atoms with Gasteiger partial charge in [-0.25, -0.2) is 0 Å². The van der Waals surface area contributed by atoms with Crippen LogP contribution in [0.25, 0.3) is 0 Å². The van der Waals surface area contributed by atoms with E-state index < -0.39 is 0 Å². The Hall–Kier alpha value is -0.380. The van der Waals surface area contributed by atoms with E-state index in [-0.39, 0.29) is 0 Å². The molecule has 1 aromatic carbocycles. The van der Waals surface area contributed by atoms with Crippen molar-refractivity contribution in [3.05, 3.63) is 34.3 Å². The Morgan fingerprint density at radius 2 is 2.18 bits per heavy atom.